The Bertz CT molecular complexity index is 374. The molecule has 1 aliphatic heterocycles. The van der Waals surface area contributed by atoms with E-state index in [2.05, 4.69) is 28.2 Å². The second kappa shape index (κ2) is 7.33. The Labute approximate surface area is 114 Å². The fraction of sp³-hybridized carbons (Fsp3) is 0.455. The average Bonchev–Trinajstić information content (AvgIpc) is 2.30. The molecule has 0 radical (unpaired) electrons. The third-order valence-electron chi connectivity index (χ3n) is 2.67. The lowest BCUT2D eigenvalue weighted by molar-refractivity contribution is 0.497. The van der Waals surface area contributed by atoms with Crippen LogP contribution in [0.25, 0.3) is 0 Å². The number of nitrogens with zero attached hydrogens (tertiary/aromatic N) is 3. The van der Waals surface area contributed by atoms with Crippen molar-refractivity contribution >= 4 is 30.6 Å². The first kappa shape index (κ1) is 16.0. The molecule has 1 aromatic heterocycles. The Balaban J connectivity index is 0.00000128. The van der Waals surface area contributed by atoms with Crippen molar-refractivity contribution in [2.24, 2.45) is 0 Å². The summed E-state index contributed by atoms with van der Waals surface area (Å²) in [6, 6.07) is 6.27. The molecule has 1 aliphatic rings. The predicted molar refractivity (Wildman–Crippen MR) is 73.1 cm³/mol. The Morgan fingerprint density at radius 2 is 2.24 bits per heavy atom. The van der Waals surface area contributed by atoms with Gasteiger partial charge in [-0.3, -0.25) is 0 Å². The van der Waals surface area contributed by atoms with Crippen LogP contribution in [0, 0.1) is 11.3 Å². The molecule has 4 nitrogen and oxygen atoms in total. The van der Waals surface area contributed by atoms with Crippen LogP contribution in [0.4, 0.5) is 5.82 Å². The summed E-state index contributed by atoms with van der Waals surface area (Å²) in [7, 11) is 0. The highest BCUT2D eigenvalue weighted by Crippen LogP contribution is 2.15. The highest BCUT2D eigenvalue weighted by molar-refractivity contribution is 5.85. The van der Waals surface area contributed by atoms with E-state index in [1.165, 1.54) is 0 Å². The van der Waals surface area contributed by atoms with E-state index >= 15 is 0 Å². The third-order valence-corrected chi connectivity index (χ3v) is 2.67. The molecule has 0 saturated carbocycles. The molecule has 1 aromatic rings. The largest absolute Gasteiger partial charge is 0.351 e. The molecule has 2 heterocycles. The van der Waals surface area contributed by atoms with E-state index in [1.807, 2.05) is 12.1 Å². The minimum absolute atomic E-state index is 0. The van der Waals surface area contributed by atoms with Crippen LogP contribution in [0.5, 0.6) is 0 Å². The van der Waals surface area contributed by atoms with Crippen LogP contribution in [0.1, 0.15) is 12.5 Å². The molecule has 0 amide bonds. The van der Waals surface area contributed by atoms with Gasteiger partial charge in [-0.15, -0.1) is 24.8 Å². The number of nitriles is 1. The van der Waals surface area contributed by atoms with E-state index < -0.39 is 0 Å². The molecule has 6 heteroatoms. The summed E-state index contributed by atoms with van der Waals surface area (Å²) in [5.41, 5.74) is 0.613. The van der Waals surface area contributed by atoms with Gasteiger partial charge < -0.3 is 10.2 Å². The van der Waals surface area contributed by atoms with Gasteiger partial charge >= 0.3 is 0 Å². The number of halogens is 2. The topological polar surface area (TPSA) is 52.0 Å². The summed E-state index contributed by atoms with van der Waals surface area (Å²) in [6.07, 6.45) is 1.63. The fourth-order valence-electron chi connectivity index (χ4n) is 1.80. The van der Waals surface area contributed by atoms with Gasteiger partial charge in [-0.05, 0) is 19.1 Å². The van der Waals surface area contributed by atoms with Gasteiger partial charge in [0.1, 0.15) is 11.9 Å². The lowest BCUT2D eigenvalue weighted by Gasteiger charge is -2.34. The molecule has 0 aliphatic carbocycles. The van der Waals surface area contributed by atoms with Gasteiger partial charge in [0, 0.05) is 31.9 Å². The number of rotatable bonds is 1. The second-order valence-corrected chi connectivity index (χ2v) is 3.76. The van der Waals surface area contributed by atoms with Gasteiger partial charge in [-0.25, -0.2) is 4.98 Å². The number of pyridine rings is 1. The second-order valence-electron chi connectivity index (χ2n) is 3.76. The van der Waals surface area contributed by atoms with Crippen molar-refractivity contribution in [1.82, 2.24) is 10.3 Å². The van der Waals surface area contributed by atoms with Crippen molar-refractivity contribution < 1.29 is 0 Å². The molecule has 94 valence electrons. The molecule has 1 atom stereocenters. The normalized spacial score (nSPS) is 18.6. The zero-order chi connectivity index (χ0) is 10.7. The minimum Gasteiger partial charge on any atom is -0.351 e. The van der Waals surface area contributed by atoms with Crippen LogP contribution < -0.4 is 10.2 Å². The lowest BCUT2D eigenvalue weighted by Crippen LogP contribution is -2.50. The Morgan fingerprint density at radius 3 is 2.76 bits per heavy atom. The maximum Gasteiger partial charge on any atom is 0.128 e. The van der Waals surface area contributed by atoms with E-state index in [9.17, 15) is 0 Å². The van der Waals surface area contributed by atoms with Crippen LogP contribution in [0.15, 0.2) is 18.3 Å². The van der Waals surface area contributed by atoms with Crippen LogP contribution in [-0.2, 0) is 0 Å². The van der Waals surface area contributed by atoms with Crippen molar-refractivity contribution in [3.63, 3.8) is 0 Å². The molecule has 1 fully saturated rings. The summed E-state index contributed by atoms with van der Waals surface area (Å²) in [4.78, 5) is 6.56. The van der Waals surface area contributed by atoms with Gasteiger partial charge in [-0.2, -0.15) is 5.26 Å². The van der Waals surface area contributed by atoms with E-state index in [0.717, 1.165) is 25.5 Å². The third kappa shape index (κ3) is 3.74. The fourth-order valence-corrected chi connectivity index (χ4v) is 1.80. The van der Waals surface area contributed by atoms with Crippen molar-refractivity contribution in [3.05, 3.63) is 23.9 Å². The summed E-state index contributed by atoms with van der Waals surface area (Å²) in [6.45, 7) is 5.12. The highest BCUT2D eigenvalue weighted by Gasteiger charge is 2.18. The first-order valence-electron chi connectivity index (χ1n) is 5.15. The highest BCUT2D eigenvalue weighted by atomic mass is 35.5. The molecule has 2 rings (SSSR count). The number of hydrogen-bond acceptors (Lipinski definition) is 4. The maximum absolute atomic E-state index is 8.68. The van der Waals surface area contributed by atoms with Crippen molar-refractivity contribution in [2.45, 2.75) is 13.0 Å². The minimum atomic E-state index is 0. The van der Waals surface area contributed by atoms with Crippen LogP contribution in [-0.4, -0.2) is 30.7 Å². The lowest BCUT2D eigenvalue weighted by atomic mass is 10.2. The Kier molecular flexibility index (Phi) is 6.89. The van der Waals surface area contributed by atoms with Crippen LogP contribution in [0.2, 0.25) is 0 Å². The van der Waals surface area contributed by atoms with E-state index in [1.54, 1.807) is 6.20 Å². The number of hydrogen-bond donors (Lipinski definition) is 1. The zero-order valence-corrected chi connectivity index (χ0v) is 11.2. The van der Waals surface area contributed by atoms with Gasteiger partial charge in [0.2, 0.25) is 0 Å². The molecular formula is C11H16Cl2N4. The van der Waals surface area contributed by atoms with Gasteiger partial charge in [0.15, 0.2) is 0 Å². The smallest absolute Gasteiger partial charge is 0.128 e. The Hall–Kier alpha value is -1.02. The van der Waals surface area contributed by atoms with Crippen LogP contribution >= 0.6 is 24.8 Å². The van der Waals surface area contributed by atoms with Crippen LogP contribution in [0.3, 0.4) is 0 Å². The molecule has 0 spiro atoms. The molecule has 1 saturated heterocycles. The van der Waals surface area contributed by atoms with Gasteiger partial charge in [-0.1, -0.05) is 0 Å². The zero-order valence-electron chi connectivity index (χ0n) is 9.59. The molecule has 1 N–H and O–H groups in total. The SMILES string of the molecule is C[C@H]1CNCCN1c1ccc(C#N)cn1.Cl.Cl. The number of piperazine rings is 1. The molecule has 17 heavy (non-hydrogen) atoms. The standard InChI is InChI=1S/C11H14N4.2ClH/c1-9-7-13-4-5-15(9)11-3-2-10(6-12)8-14-11;;/h2-3,8-9,13H,4-5,7H2,1H3;2*1H/t9-;;/m0../s1. The van der Waals surface area contributed by atoms with E-state index in [4.69, 9.17) is 5.26 Å². The number of aromatic nitrogens is 1. The number of anilines is 1. The quantitative estimate of drug-likeness (QED) is 0.845. The maximum atomic E-state index is 8.68. The monoisotopic (exact) mass is 274 g/mol. The molecular weight excluding hydrogens is 259 g/mol. The average molecular weight is 275 g/mol. The molecule has 0 aromatic carbocycles. The van der Waals surface area contributed by atoms with Gasteiger partial charge in [0.25, 0.3) is 0 Å². The van der Waals surface area contributed by atoms with E-state index in [-0.39, 0.29) is 24.8 Å². The van der Waals surface area contributed by atoms with Crippen molar-refractivity contribution in [1.29, 1.82) is 5.26 Å². The van der Waals surface area contributed by atoms with Crippen molar-refractivity contribution in [2.75, 3.05) is 24.5 Å². The Morgan fingerprint density at radius 1 is 1.47 bits per heavy atom. The van der Waals surface area contributed by atoms with E-state index in [0.29, 0.717) is 11.6 Å². The first-order chi connectivity index (χ1) is 7.31. The number of nitrogens with one attached hydrogen (secondary N) is 1. The predicted octanol–water partition coefficient (Wildman–Crippen LogP) is 1.59. The molecule has 0 bridgehead atoms. The first-order valence-corrected chi connectivity index (χ1v) is 5.15. The summed E-state index contributed by atoms with van der Waals surface area (Å²) < 4.78 is 0. The van der Waals surface area contributed by atoms with Gasteiger partial charge in [0.05, 0.1) is 5.56 Å². The summed E-state index contributed by atoms with van der Waals surface area (Å²) in [5.74, 6) is 0.961. The molecule has 0 unspecified atom stereocenters. The summed E-state index contributed by atoms with van der Waals surface area (Å²) in [5, 5.41) is 12.0. The summed E-state index contributed by atoms with van der Waals surface area (Å²) >= 11 is 0. The van der Waals surface area contributed by atoms with Crippen molar-refractivity contribution in [3.8, 4) is 6.07 Å².